The molecule has 8 heteroatoms. The highest BCUT2D eigenvalue weighted by atomic mass is 79.9. The fourth-order valence-electron chi connectivity index (χ4n) is 0.999. The summed E-state index contributed by atoms with van der Waals surface area (Å²) in [5, 5.41) is 0. The molecule has 0 bridgehead atoms. The van der Waals surface area contributed by atoms with Crippen molar-refractivity contribution in [3.8, 4) is 0 Å². The van der Waals surface area contributed by atoms with Crippen LogP contribution in [0.1, 0.15) is 10.4 Å². The van der Waals surface area contributed by atoms with E-state index in [0.717, 1.165) is 0 Å². The van der Waals surface area contributed by atoms with Crippen LogP contribution >= 0.6 is 31.9 Å². The zero-order valence-corrected chi connectivity index (χ0v) is 11.9. The van der Waals surface area contributed by atoms with Gasteiger partial charge in [-0.25, -0.2) is 10.2 Å². The Kier molecular flexibility index (Phi) is 4.76. The van der Waals surface area contributed by atoms with Crippen molar-refractivity contribution >= 4 is 49.5 Å². The van der Waals surface area contributed by atoms with E-state index in [9.17, 15) is 9.59 Å². The molecule has 0 atom stereocenters. The molecule has 6 nitrogen and oxygen atoms in total. The number of ether oxygens (including phenoxy) is 1. The molecule has 0 fully saturated rings. The van der Waals surface area contributed by atoms with Gasteiger partial charge in [-0.3, -0.25) is 10.2 Å². The van der Waals surface area contributed by atoms with Crippen molar-refractivity contribution in [2.24, 2.45) is 0 Å². The van der Waals surface area contributed by atoms with Gasteiger partial charge in [0.15, 0.2) is 0 Å². The van der Waals surface area contributed by atoms with Crippen molar-refractivity contribution in [2.75, 3.05) is 12.8 Å². The van der Waals surface area contributed by atoms with E-state index in [1.165, 1.54) is 13.2 Å². The van der Waals surface area contributed by atoms with E-state index in [0.29, 0.717) is 8.95 Å². The van der Waals surface area contributed by atoms with Crippen molar-refractivity contribution in [2.45, 2.75) is 0 Å². The van der Waals surface area contributed by atoms with E-state index in [1.54, 1.807) is 6.07 Å². The van der Waals surface area contributed by atoms with E-state index in [-0.39, 0.29) is 11.3 Å². The lowest BCUT2D eigenvalue weighted by atomic mass is 10.2. The van der Waals surface area contributed by atoms with Gasteiger partial charge in [-0.15, -0.1) is 0 Å². The number of hydrazine groups is 1. The normalized spacial score (nSPS) is 9.59. The molecule has 4 N–H and O–H groups in total. The van der Waals surface area contributed by atoms with Gasteiger partial charge in [0.25, 0.3) is 5.91 Å². The van der Waals surface area contributed by atoms with Crippen LogP contribution in [0.15, 0.2) is 21.1 Å². The number of hydrogen-bond donors (Lipinski definition) is 3. The molecule has 0 spiro atoms. The first-order chi connectivity index (χ1) is 7.95. The summed E-state index contributed by atoms with van der Waals surface area (Å²) >= 11 is 6.44. The minimum atomic E-state index is -0.772. The number of nitrogen functional groups attached to an aromatic ring is 1. The summed E-state index contributed by atoms with van der Waals surface area (Å²) in [5.74, 6) is -0.546. The van der Waals surface area contributed by atoms with Crippen molar-refractivity contribution in [3.63, 3.8) is 0 Å². The Hall–Kier alpha value is -1.28. The van der Waals surface area contributed by atoms with Crippen molar-refractivity contribution < 1.29 is 14.3 Å². The van der Waals surface area contributed by atoms with Crippen molar-refractivity contribution in [1.29, 1.82) is 0 Å². The summed E-state index contributed by atoms with van der Waals surface area (Å²) in [5.41, 5.74) is 10.4. The van der Waals surface area contributed by atoms with Gasteiger partial charge in [0, 0.05) is 8.95 Å². The van der Waals surface area contributed by atoms with Crippen molar-refractivity contribution in [1.82, 2.24) is 10.9 Å². The molecule has 1 aromatic carbocycles. The third-order valence-corrected chi connectivity index (χ3v) is 2.92. The molecule has 2 amide bonds. The van der Waals surface area contributed by atoms with Crippen LogP contribution in [-0.4, -0.2) is 19.1 Å². The minimum Gasteiger partial charge on any atom is -0.452 e. The Labute approximate surface area is 114 Å². The number of hydrogen-bond acceptors (Lipinski definition) is 4. The fourth-order valence-corrected chi connectivity index (χ4v) is 2.22. The predicted octanol–water partition coefficient (Wildman–Crippen LogP) is 1.79. The monoisotopic (exact) mass is 365 g/mol. The van der Waals surface area contributed by atoms with Crippen LogP contribution in [-0.2, 0) is 4.74 Å². The molecule has 1 aromatic rings. The number of anilines is 1. The summed E-state index contributed by atoms with van der Waals surface area (Å²) in [6.07, 6.45) is -0.772. The van der Waals surface area contributed by atoms with E-state index in [2.05, 4.69) is 42.0 Å². The fraction of sp³-hybridized carbons (Fsp3) is 0.111. The maximum absolute atomic E-state index is 11.7. The number of carbonyl (C=O) groups is 2. The predicted molar refractivity (Wildman–Crippen MR) is 69.3 cm³/mol. The molecular formula is C9H9Br2N3O3. The lowest BCUT2D eigenvalue weighted by Gasteiger charge is -2.09. The topological polar surface area (TPSA) is 93.5 Å². The second kappa shape index (κ2) is 5.87. The molecule has 0 saturated heterocycles. The first kappa shape index (κ1) is 13.8. The molecule has 0 aliphatic heterocycles. The summed E-state index contributed by atoms with van der Waals surface area (Å²) in [6.45, 7) is 0. The summed E-state index contributed by atoms with van der Waals surface area (Å²) in [7, 11) is 1.19. The number of carbonyl (C=O) groups excluding carboxylic acids is 2. The smallest absolute Gasteiger partial charge is 0.425 e. The zero-order valence-electron chi connectivity index (χ0n) is 8.71. The Morgan fingerprint density at radius 1 is 1.29 bits per heavy atom. The highest BCUT2D eigenvalue weighted by Gasteiger charge is 2.13. The molecule has 0 aromatic heterocycles. The molecule has 17 heavy (non-hydrogen) atoms. The summed E-state index contributed by atoms with van der Waals surface area (Å²) in [6, 6.07) is 3.24. The largest absolute Gasteiger partial charge is 0.452 e. The van der Waals surface area contributed by atoms with Crippen LogP contribution in [0.4, 0.5) is 10.5 Å². The minimum absolute atomic E-state index is 0.225. The second-order valence-corrected chi connectivity index (χ2v) is 4.69. The van der Waals surface area contributed by atoms with Gasteiger partial charge in [-0.1, -0.05) is 15.9 Å². The number of halogens is 2. The van der Waals surface area contributed by atoms with Gasteiger partial charge >= 0.3 is 6.09 Å². The van der Waals surface area contributed by atoms with E-state index < -0.39 is 12.0 Å². The van der Waals surface area contributed by atoms with Gasteiger partial charge in [0.1, 0.15) is 0 Å². The molecule has 0 aliphatic carbocycles. The van der Waals surface area contributed by atoms with E-state index in [4.69, 9.17) is 5.73 Å². The number of amides is 2. The zero-order chi connectivity index (χ0) is 13.0. The third-order valence-electron chi connectivity index (χ3n) is 1.80. The Morgan fingerprint density at radius 3 is 2.53 bits per heavy atom. The van der Waals surface area contributed by atoms with Crippen LogP contribution < -0.4 is 16.6 Å². The average molecular weight is 367 g/mol. The summed E-state index contributed by atoms with van der Waals surface area (Å²) < 4.78 is 5.56. The third kappa shape index (κ3) is 3.60. The van der Waals surface area contributed by atoms with Crippen LogP contribution in [0.2, 0.25) is 0 Å². The van der Waals surface area contributed by atoms with Crippen LogP contribution in [0.3, 0.4) is 0 Å². The quantitative estimate of drug-likeness (QED) is 0.521. The first-order valence-corrected chi connectivity index (χ1v) is 5.93. The number of nitrogens with two attached hydrogens (primary N) is 1. The second-order valence-electron chi connectivity index (χ2n) is 2.92. The van der Waals surface area contributed by atoms with Gasteiger partial charge < -0.3 is 10.5 Å². The van der Waals surface area contributed by atoms with Gasteiger partial charge in [-0.2, -0.15) is 0 Å². The maximum Gasteiger partial charge on any atom is 0.425 e. The van der Waals surface area contributed by atoms with Gasteiger partial charge in [-0.05, 0) is 28.1 Å². The number of methoxy groups -OCH3 is 1. The van der Waals surface area contributed by atoms with Gasteiger partial charge in [0.05, 0.1) is 18.4 Å². The first-order valence-electron chi connectivity index (χ1n) is 4.34. The van der Waals surface area contributed by atoms with Crippen LogP contribution in [0, 0.1) is 0 Å². The number of rotatable bonds is 1. The highest BCUT2D eigenvalue weighted by Crippen LogP contribution is 2.27. The lowest BCUT2D eigenvalue weighted by Crippen LogP contribution is -2.41. The number of nitrogens with one attached hydrogen (secondary N) is 2. The van der Waals surface area contributed by atoms with E-state index in [1.807, 2.05) is 5.43 Å². The maximum atomic E-state index is 11.7. The van der Waals surface area contributed by atoms with Gasteiger partial charge in [0.2, 0.25) is 0 Å². The molecule has 0 saturated carbocycles. The molecule has 92 valence electrons. The Balaban J connectivity index is 2.86. The van der Waals surface area contributed by atoms with Crippen molar-refractivity contribution in [3.05, 3.63) is 26.6 Å². The van der Waals surface area contributed by atoms with E-state index >= 15 is 0 Å². The SMILES string of the molecule is COC(=O)NNC(=O)c1cc(Br)cc(Br)c1N. The molecular weight excluding hydrogens is 358 g/mol. The molecule has 0 radical (unpaired) electrons. The standard InChI is InChI=1S/C9H9Br2N3O3/c1-17-9(16)14-13-8(15)5-2-4(10)3-6(11)7(5)12/h2-3H,12H2,1H3,(H,13,15)(H,14,16). The average Bonchev–Trinajstić information content (AvgIpc) is 2.30. The van der Waals surface area contributed by atoms with Crippen LogP contribution in [0.25, 0.3) is 0 Å². The Morgan fingerprint density at radius 2 is 1.94 bits per heavy atom. The lowest BCUT2D eigenvalue weighted by molar-refractivity contribution is 0.0921. The van der Waals surface area contributed by atoms with Crippen LogP contribution in [0.5, 0.6) is 0 Å². The Bertz CT molecular complexity index is 465. The summed E-state index contributed by atoms with van der Waals surface area (Å²) in [4.78, 5) is 22.5. The molecule has 0 unspecified atom stereocenters. The molecule has 1 rings (SSSR count). The number of benzene rings is 1. The molecule has 0 aliphatic rings. The highest BCUT2D eigenvalue weighted by molar-refractivity contribution is 9.11. The molecule has 0 heterocycles.